The highest BCUT2D eigenvalue weighted by atomic mass is 32.2. The second-order valence-corrected chi connectivity index (χ2v) is 7.09. The molecule has 0 bridgehead atoms. The molecule has 88 valence electrons. The first-order valence-corrected chi connectivity index (χ1v) is 7.54. The normalized spacial score (nSPS) is 18.4. The van der Waals surface area contributed by atoms with Gasteiger partial charge in [-0.1, -0.05) is 12.2 Å². The summed E-state index contributed by atoms with van der Waals surface area (Å²) in [5.74, 6) is 0.965. The molecule has 1 N–H and O–H groups in total. The lowest BCUT2D eigenvalue weighted by molar-refractivity contribution is 0.588. The molecule has 1 saturated carbocycles. The Kier molecular flexibility index (Phi) is 2.88. The molecule has 0 spiro atoms. The van der Waals surface area contributed by atoms with Gasteiger partial charge in [-0.15, -0.1) is 0 Å². The van der Waals surface area contributed by atoms with Crippen molar-refractivity contribution in [2.24, 2.45) is 0 Å². The molecule has 6 heteroatoms. The van der Waals surface area contributed by atoms with Gasteiger partial charge in [-0.3, -0.25) is 0 Å². The highest BCUT2D eigenvalue weighted by molar-refractivity contribution is 7.90. The van der Waals surface area contributed by atoms with Crippen LogP contribution in [0.15, 0.2) is 6.07 Å². The van der Waals surface area contributed by atoms with Gasteiger partial charge in [0.25, 0.3) is 0 Å². The van der Waals surface area contributed by atoms with E-state index in [1.54, 1.807) is 6.92 Å². The summed E-state index contributed by atoms with van der Waals surface area (Å²) >= 11 is 5.05. The van der Waals surface area contributed by atoms with E-state index < -0.39 is 15.1 Å². The third kappa shape index (κ3) is 2.49. The lowest BCUT2D eigenvalue weighted by atomic mass is 10.3. The fourth-order valence-electron chi connectivity index (χ4n) is 1.51. The number of rotatable bonds is 3. The van der Waals surface area contributed by atoms with Crippen molar-refractivity contribution in [1.82, 2.24) is 9.97 Å². The predicted molar refractivity (Wildman–Crippen MR) is 64.7 cm³/mol. The van der Waals surface area contributed by atoms with Crippen LogP contribution in [-0.4, -0.2) is 24.6 Å². The number of hydrogen-bond acceptors (Lipinski definition) is 4. The molecule has 0 aliphatic heterocycles. The van der Waals surface area contributed by atoms with Crippen molar-refractivity contribution in [3.8, 4) is 0 Å². The topological polar surface area (TPSA) is 62.8 Å². The summed E-state index contributed by atoms with van der Waals surface area (Å²) in [6, 6.07) is 1.82. The van der Waals surface area contributed by atoms with Crippen LogP contribution in [0.1, 0.15) is 42.5 Å². The summed E-state index contributed by atoms with van der Waals surface area (Å²) < 4.78 is 23.4. The number of aromatic amines is 1. The van der Waals surface area contributed by atoms with Gasteiger partial charge < -0.3 is 4.98 Å². The van der Waals surface area contributed by atoms with Gasteiger partial charge in [0.1, 0.15) is 15.7 Å². The molecule has 4 nitrogen and oxygen atoms in total. The fraction of sp³-hybridized carbons (Fsp3) is 0.600. The van der Waals surface area contributed by atoms with Gasteiger partial charge in [-0.2, -0.15) is 0 Å². The number of H-pyrrole nitrogens is 1. The largest absolute Gasteiger partial charge is 0.346 e. The van der Waals surface area contributed by atoms with E-state index in [9.17, 15) is 8.42 Å². The number of nitrogens with one attached hydrogen (secondary N) is 1. The van der Waals surface area contributed by atoms with Crippen molar-refractivity contribution in [3.05, 3.63) is 22.2 Å². The molecule has 0 aromatic carbocycles. The second-order valence-electron chi connectivity index (χ2n) is 4.31. The molecule has 1 aromatic heterocycles. The minimum absolute atomic E-state index is 0.455. The maximum Gasteiger partial charge on any atom is 0.157 e. The van der Waals surface area contributed by atoms with E-state index in [1.807, 2.05) is 6.07 Å². The summed E-state index contributed by atoms with van der Waals surface area (Å²) in [4.78, 5) is 7.19. The summed E-state index contributed by atoms with van der Waals surface area (Å²) in [5, 5.41) is -0.632. The van der Waals surface area contributed by atoms with Gasteiger partial charge >= 0.3 is 0 Å². The van der Waals surface area contributed by atoms with E-state index in [-0.39, 0.29) is 0 Å². The number of nitrogens with zero attached hydrogens (tertiary/aromatic N) is 1. The summed E-state index contributed by atoms with van der Waals surface area (Å²) in [6.07, 6.45) is 3.49. The Bertz CT molecular complexity index is 558. The average molecular weight is 258 g/mol. The highest BCUT2D eigenvalue weighted by Crippen LogP contribution is 2.39. The third-order valence-corrected chi connectivity index (χ3v) is 4.54. The Morgan fingerprint density at radius 3 is 2.69 bits per heavy atom. The Morgan fingerprint density at radius 1 is 1.56 bits per heavy atom. The molecule has 0 amide bonds. The molecule has 0 radical (unpaired) electrons. The lowest BCUT2D eigenvalue weighted by Crippen LogP contribution is -2.12. The lowest BCUT2D eigenvalue weighted by Gasteiger charge is -2.10. The first-order valence-electron chi connectivity index (χ1n) is 5.18. The number of aromatic nitrogens is 2. The van der Waals surface area contributed by atoms with Crippen LogP contribution in [0.25, 0.3) is 0 Å². The second kappa shape index (κ2) is 3.92. The van der Waals surface area contributed by atoms with E-state index in [0.29, 0.717) is 16.4 Å². The van der Waals surface area contributed by atoms with Crippen molar-refractivity contribution in [1.29, 1.82) is 0 Å². The van der Waals surface area contributed by atoms with Gasteiger partial charge in [0.15, 0.2) is 9.84 Å². The van der Waals surface area contributed by atoms with Crippen LogP contribution in [-0.2, 0) is 9.84 Å². The van der Waals surface area contributed by atoms with Crippen LogP contribution in [0.2, 0.25) is 0 Å². The maximum atomic E-state index is 11.4. The quantitative estimate of drug-likeness (QED) is 0.844. The molecule has 0 saturated heterocycles. The SMILES string of the molecule is CC(c1nc(=S)cc(C2CC2)[nH]1)S(C)(=O)=O. The predicted octanol–water partition coefficient (Wildman–Crippen LogP) is 2.12. The summed E-state index contributed by atoms with van der Waals surface area (Å²) in [7, 11) is -3.13. The van der Waals surface area contributed by atoms with Crippen molar-refractivity contribution in [3.63, 3.8) is 0 Å². The Balaban J connectivity index is 2.45. The van der Waals surface area contributed by atoms with Gasteiger partial charge in [-0.25, -0.2) is 13.4 Å². The molecule has 1 aromatic rings. The van der Waals surface area contributed by atoms with Crippen molar-refractivity contribution >= 4 is 22.1 Å². The van der Waals surface area contributed by atoms with E-state index in [0.717, 1.165) is 18.5 Å². The first kappa shape index (κ1) is 11.7. The Morgan fingerprint density at radius 2 is 2.19 bits per heavy atom. The monoisotopic (exact) mass is 258 g/mol. The van der Waals surface area contributed by atoms with Gasteiger partial charge in [0.2, 0.25) is 0 Å². The van der Waals surface area contributed by atoms with Crippen molar-refractivity contribution < 1.29 is 8.42 Å². The molecular formula is C10H14N2O2S2. The zero-order valence-corrected chi connectivity index (χ0v) is 10.9. The summed E-state index contributed by atoms with van der Waals surface area (Å²) in [6.45, 7) is 1.62. The first-order chi connectivity index (χ1) is 7.38. The summed E-state index contributed by atoms with van der Waals surface area (Å²) in [5.41, 5.74) is 1.02. The van der Waals surface area contributed by atoms with Crippen LogP contribution >= 0.6 is 12.2 Å². The number of hydrogen-bond donors (Lipinski definition) is 1. The average Bonchev–Trinajstić information content (AvgIpc) is 2.97. The van der Waals surface area contributed by atoms with E-state index in [1.165, 1.54) is 6.26 Å². The maximum absolute atomic E-state index is 11.4. The van der Waals surface area contributed by atoms with Crippen molar-refractivity contribution in [2.45, 2.75) is 30.9 Å². The fourth-order valence-corrected chi connectivity index (χ4v) is 2.25. The molecule has 16 heavy (non-hydrogen) atoms. The van der Waals surface area contributed by atoms with E-state index in [4.69, 9.17) is 12.2 Å². The molecule has 1 fully saturated rings. The Labute approximate surface area is 100 Å². The number of sulfone groups is 1. The zero-order chi connectivity index (χ0) is 11.9. The molecule has 2 rings (SSSR count). The van der Waals surface area contributed by atoms with Crippen LogP contribution < -0.4 is 0 Å². The zero-order valence-electron chi connectivity index (χ0n) is 9.23. The molecule has 1 aliphatic rings. The van der Waals surface area contributed by atoms with E-state index >= 15 is 0 Å². The molecule has 1 atom stereocenters. The van der Waals surface area contributed by atoms with Crippen LogP contribution in [0.5, 0.6) is 0 Å². The minimum Gasteiger partial charge on any atom is -0.346 e. The van der Waals surface area contributed by atoms with Crippen molar-refractivity contribution in [2.75, 3.05) is 6.26 Å². The van der Waals surface area contributed by atoms with Gasteiger partial charge in [0, 0.05) is 11.9 Å². The van der Waals surface area contributed by atoms with Crippen LogP contribution in [0.3, 0.4) is 0 Å². The van der Waals surface area contributed by atoms with Gasteiger partial charge in [-0.05, 0) is 31.7 Å². The molecular weight excluding hydrogens is 244 g/mol. The van der Waals surface area contributed by atoms with Crippen LogP contribution in [0.4, 0.5) is 0 Å². The molecule has 1 unspecified atom stereocenters. The molecule has 1 heterocycles. The standard InChI is InChI=1S/C10H14N2O2S2/c1-6(16(2,13)14)10-11-8(7-3-4-7)5-9(15)12-10/h5-7H,3-4H2,1-2H3,(H,11,12,15). The third-order valence-electron chi connectivity index (χ3n) is 2.83. The highest BCUT2D eigenvalue weighted by Gasteiger charge is 2.26. The Hall–Kier alpha value is -0.750. The van der Waals surface area contributed by atoms with Gasteiger partial charge in [0.05, 0.1) is 0 Å². The molecule has 1 aliphatic carbocycles. The smallest absolute Gasteiger partial charge is 0.157 e. The van der Waals surface area contributed by atoms with E-state index in [2.05, 4.69) is 9.97 Å². The minimum atomic E-state index is -3.13. The van der Waals surface area contributed by atoms with Crippen LogP contribution in [0, 0.1) is 4.64 Å².